The molecule has 0 aliphatic heterocycles. The third kappa shape index (κ3) is 6.58. The molecule has 0 spiro atoms. The van der Waals surface area contributed by atoms with E-state index in [1.54, 1.807) is 7.05 Å². The third-order valence-electron chi connectivity index (χ3n) is 3.42. The molecule has 144 valence electrons. The van der Waals surface area contributed by atoms with Crippen LogP contribution in [-0.2, 0) is 12.6 Å². The maximum absolute atomic E-state index is 12.5. The van der Waals surface area contributed by atoms with E-state index in [1.807, 2.05) is 31.2 Å². The minimum Gasteiger partial charge on any atom is -0.356 e. The van der Waals surface area contributed by atoms with Crippen LogP contribution in [0.15, 0.2) is 34.6 Å². The molecule has 1 heterocycles. The zero-order valence-electron chi connectivity index (χ0n) is 14.1. The van der Waals surface area contributed by atoms with Crippen LogP contribution in [0.5, 0.6) is 0 Å². The Morgan fingerprint density at radius 1 is 1.35 bits per heavy atom. The number of guanidine groups is 1. The van der Waals surface area contributed by atoms with Crippen LogP contribution in [0, 0.1) is 0 Å². The Labute approximate surface area is 176 Å². The van der Waals surface area contributed by atoms with Gasteiger partial charge in [-0.05, 0) is 18.6 Å². The molecule has 2 aromatic rings. The predicted octanol–water partition coefficient (Wildman–Crippen LogP) is 4.90. The molecule has 0 amide bonds. The van der Waals surface area contributed by atoms with Crippen LogP contribution < -0.4 is 10.6 Å². The van der Waals surface area contributed by atoms with E-state index in [9.17, 15) is 13.2 Å². The second-order valence-corrected chi connectivity index (χ2v) is 6.61. The van der Waals surface area contributed by atoms with Gasteiger partial charge in [-0.25, -0.2) is 4.98 Å². The highest BCUT2D eigenvalue weighted by Crippen LogP contribution is 2.30. The molecule has 1 unspecified atom stereocenters. The van der Waals surface area contributed by atoms with Gasteiger partial charge in [-0.1, -0.05) is 29.8 Å². The summed E-state index contributed by atoms with van der Waals surface area (Å²) < 4.78 is 37.6. The standard InChI is InChI=1S/C16H18ClF3N4S.HI/c1-10(11-5-3-4-6-12(11)17)23-15(21-2)22-8-7-14-24-13(9-25-14)16(18,19)20;/h3-6,9-10H,7-8H2,1-2H3,(H2,21,22,23);1H. The Morgan fingerprint density at radius 3 is 2.62 bits per heavy atom. The van der Waals surface area contributed by atoms with Gasteiger partial charge in [0.1, 0.15) is 0 Å². The summed E-state index contributed by atoms with van der Waals surface area (Å²) in [7, 11) is 1.62. The number of nitrogens with one attached hydrogen (secondary N) is 2. The first-order valence-corrected chi connectivity index (χ1v) is 8.80. The van der Waals surface area contributed by atoms with Gasteiger partial charge in [0.05, 0.1) is 11.0 Å². The first-order chi connectivity index (χ1) is 11.8. The van der Waals surface area contributed by atoms with E-state index in [-0.39, 0.29) is 30.0 Å². The average molecular weight is 519 g/mol. The lowest BCUT2D eigenvalue weighted by Gasteiger charge is -2.19. The summed E-state index contributed by atoms with van der Waals surface area (Å²) in [6.07, 6.45) is -4.02. The van der Waals surface area contributed by atoms with E-state index in [1.165, 1.54) is 0 Å². The highest BCUT2D eigenvalue weighted by atomic mass is 127. The molecule has 0 aliphatic carbocycles. The largest absolute Gasteiger partial charge is 0.434 e. The number of hydrogen-bond donors (Lipinski definition) is 2. The van der Waals surface area contributed by atoms with Gasteiger partial charge >= 0.3 is 6.18 Å². The van der Waals surface area contributed by atoms with Crippen molar-refractivity contribution in [2.45, 2.75) is 25.6 Å². The van der Waals surface area contributed by atoms with Gasteiger partial charge in [-0.15, -0.1) is 35.3 Å². The molecule has 2 N–H and O–H groups in total. The SMILES string of the molecule is CN=C(NCCc1nc(C(F)(F)F)cs1)NC(C)c1ccccc1Cl.I. The molecular formula is C16H19ClF3IN4S. The number of halogens is 5. The van der Waals surface area contributed by atoms with Crippen LogP contribution in [0.25, 0.3) is 0 Å². The lowest BCUT2D eigenvalue weighted by Crippen LogP contribution is -2.39. The zero-order chi connectivity index (χ0) is 18.4. The molecule has 4 nitrogen and oxygen atoms in total. The first kappa shape index (κ1) is 23.0. The van der Waals surface area contributed by atoms with Gasteiger partial charge in [0.25, 0.3) is 0 Å². The number of nitrogens with zero attached hydrogens (tertiary/aromatic N) is 2. The van der Waals surface area contributed by atoms with E-state index in [2.05, 4.69) is 20.6 Å². The van der Waals surface area contributed by atoms with E-state index >= 15 is 0 Å². The summed E-state index contributed by atoms with van der Waals surface area (Å²) in [6, 6.07) is 7.41. The third-order valence-corrected chi connectivity index (χ3v) is 4.67. The van der Waals surface area contributed by atoms with Gasteiger partial charge in [0.15, 0.2) is 11.7 Å². The number of rotatable bonds is 5. The normalized spacial score (nSPS) is 13.1. The number of aromatic nitrogens is 1. The lowest BCUT2D eigenvalue weighted by atomic mass is 10.1. The molecule has 1 aromatic carbocycles. The lowest BCUT2D eigenvalue weighted by molar-refractivity contribution is -0.140. The van der Waals surface area contributed by atoms with Gasteiger partial charge in [-0.3, -0.25) is 4.99 Å². The highest BCUT2D eigenvalue weighted by molar-refractivity contribution is 14.0. The van der Waals surface area contributed by atoms with Crippen molar-refractivity contribution < 1.29 is 13.2 Å². The van der Waals surface area contributed by atoms with Crippen LogP contribution in [0.4, 0.5) is 13.2 Å². The first-order valence-electron chi connectivity index (χ1n) is 7.54. The molecule has 0 radical (unpaired) electrons. The van der Waals surface area contributed by atoms with Crippen molar-refractivity contribution in [1.29, 1.82) is 0 Å². The van der Waals surface area contributed by atoms with Gasteiger partial charge in [0, 0.05) is 30.4 Å². The van der Waals surface area contributed by atoms with Crippen molar-refractivity contribution in [2.24, 2.45) is 4.99 Å². The highest BCUT2D eigenvalue weighted by Gasteiger charge is 2.33. The molecule has 0 aliphatic rings. The molecule has 0 saturated carbocycles. The van der Waals surface area contributed by atoms with Crippen molar-refractivity contribution in [2.75, 3.05) is 13.6 Å². The van der Waals surface area contributed by atoms with Crippen LogP contribution in [0.3, 0.4) is 0 Å². The van der Waals surface area contributed by atoms with Gasteiger partial charge in [-0.2, -0.15) is 13.2 Å². The summed E-state index contributed by atoms with van der Waals surface area (Å²) in [5.74, 6) is 0.542. The summed E-state index contributed by atoms with van der Waals surface area (Å²) in [6.45, 7) is 2.37. The number of aliphatic imine (C=N–C) groups is 1. The van der Waals surface area contributed by atoms with Gasteiger partial charge < -0.3 is 10.6 Å². The fraction of sp³-hybridized carbons (Fsp3) is 0.375. The van der Waals surface area contributed by atoms with Crippen molar-refractivity contribution in [3.63, 3.8) is 0 Å². The number of hydrogen-bond acceptors (Lipinski definition) is 3. The minimum absolute atomic E-state index is 0. The van der Waals surface area contributed by atoms with E-state index in [0.717, 1.165) is 22.3 Å². The maximum atomic E-state index is 12.5. The van der Waals surface area contributed by atoms with Crippen molar-refractivity contribution in [1.82, 2.24) is 15.6 Å². The van der Waals surface area contributed by atoms with Crippen molar-refractivity contribution in [3.05, 3.63) is 50.9 Å². The van der Waals surface area contributed by atoms with Crippen LogP contribution in [0.1, 0.15) is 29.2 Å². The molecule has 10 heteroatoms. The fourth-order valence-corrected chi connectivity index (χ4v) is 3.25. The summed E-state index contributed by atoms with van der Waals surface area (Å²) in [5.41, 5.74) is 0.0872. The summed E-state index contributed by atoms with van der Waals surface area (Å²) >= 11 is 7.17. The Balaban J connectivity index is 0.00000338. The molecule has 0 bridgehead atoms. The molecule has 1 atom stereocenters. The average Bonchev–Trinajstić information content (AvgIpc) is 3.03. The van der Waals surface area contributed by atoms with Crippen LogP contribution in [-0.4, -0.2) is 24.5 Å². The van der Waals surface area contributed by atoms with E-state index in [0.29, 0.717) is 29.0 Å². The monoisotopic (exact) mass is 518 g/mol. The number of alkyl halides is 3. The smallest absolute Gasteiger partial charge is 0.356 e. The predicted molar refractivity (Wildman–Crippen MR) is 111 cm³/mol. The summed E-state index contributed by atoms with van der Waals surface area (Å²) in [5, 5.41) is 8.37. The van der Waals surface area contributed by atoms with E-state index in [4.69, 9.17) is 11.6 Å². The Morgan fingerprint density at radius 2 is 2.04 bits per heavy atom. The van der Waals surface area contributed by atoms with E-state index < -0.39 is 11.9 Å². The fourth-order valence-electron chi connectivity index (χ4n) is 2.15. The Hall–Kier alpha value is -1.07. The quantitative estimate of drug-likeness (QED) is 0.336. The molecule has 0 saturated heterocycles. The van der Waals surface area contributed by atoms with Crippen molar-refractivity contribution >= 4 is 52.9 Å². The molecule has 0 fully saturated rings. The molecule has 2 rings (SSSR count). The second kappa shape index (κ2) is 10.3. The number of thiazole rings is 1. The molecule has 26 heavy (non-hydrogen) atoms. The Bertz CT molecular complexity index is 736. The van der Waals surface area contributed by atoms with Gasteiger partial charge in [0.2, 0.25) is 0 Å². The molecule has 1 aromatic heterocycles. The number of benzene rings is 1. The zero-order valence-corrected chi connectivity index (χ0v) is 18.0. The summed E-state index contributed by atoms with van der Waals surface area (Å²) in [4.78, 5) is 7.71. The van der Waals surface area contributed by atoms with Crippen LogP contribution >= 0.6 is 46.9 Å². The van der Waals surface area contributed by atoms with Crippen molar-refractivity contribution in [3.8, 4) is 0 Å². The molecular weight excluding hydrogens is 500 g/mol. The topological polar surface area (TPSA) is 49.3 Å². The maximum Gasteiger partial charge on any atom is 0.434 e. The second-order valence-electron chi connectivity index (χ2n) is 5.26. The minimum atomic E-state index is -4.40. The van der Waals surface area contributed by atoms with Crippen LogP contribution in [0.2, 0.25) is 5.02 Å². The Kier molecular flexibility index (Phi) is 9.11.